The van der Waals surface area contributed by atoms with Gasteiger partial charge in [0, 0.05) is 29.7 Å². The van der Waals surface area contributed by atoms with Crippen LogP contribution in [0.5, 0.6) is 11.9 Å². The first kappa shape index (κ1) is 20.1. The molecule has 0 spiro atoms. The van der Waals surface area contributed by atoms with Crippen LogP contribution in [-0.2, 0) is 0 Å². The highest BCUT2D eigenvalue weighted by Gasteiger charge is 2.16. The lowest BCUT2D eigenvalue weighted by Crippen LogP contribution is -2.03. The lowest BCUT2D eigenvalue weighted by Gasteiger charge is -2.10. The summed E-state index contributed by atoms with van der Waals surface area (Å²) in [6.45, 7) is 1.81. The quantitative estimate of drug-likeness (QED) is 0.442. The van der Waals surface area contributed by atoms with Crippen molar-refractivity contribution in [3.63, 3.8) is 0 Å². The van der Waals surface area contributed by atoms with Crippen molar-refractivity contribution in [1.29, 1.82) is 0 Å². The Labute approximate surface area is 177 Å². The van der Waals surface area contributed by atoms with Gasteiger partial charge in [0.25, 0.3) is 0 Å². The Morgan fingerprint density at radius 3 is 2.52 bits per heavy atom. The number of hydrogen-bond acceptors (Lipinski definition) is 7. The summed E-state index contributed by atoms with van der Waals surface area (Å²) in [4.78, 5) is 21.0. The lowest BCUT2D eigenvalue weighted by molar-refractivity contribution is 0.103. The van der Waals surface area contributed by atoms with Crippen molar-refractivity contribution >= 4 is 5.78 Å². The molecule has 9 heteroatoms. The molecule has 0 amide bonds. The predicted molar refractivity (Wildman–Crippen MR) is 110 cm³/mol. The molecule has 0 radical (unpaired) electrons. The van der Waals surface area contributed by atoms with Gasteiger partial charge in [-0.1, -0.05) is 0 Å². The second-order valence-corrected chi connectivity index (χ2v) is 6.62. The summed E-state index contributed by atoms with van der Waals surface area (Å²) in [5.74, 6) is -0.294. The normalized spacial score (nSPS) is 10.7. The van der Waals surface area contributed by atoms with E-state index < -0.39 is 5.82 Å². The van der Waals surface area contributed by atoms with Crippen molar-refractivity contribution in [3.05, 3.63) is 77.6 Å². The highest BCUT2D eigenvalue weighted by molar-refractivity contribution is 6.08. The minimum atomic E-state index is -0.391. The van der Waals surface area contributed by atoms with Gasteiger partial charge in [0.1, 0.15) is 11.5 Å². The molecule has 4 rings (SSSR count). The van der Waals surface area contributed by atoms with Crippen LogP contribution in [-0.4, -0.2) is 44.7 Å². The van der Waals surface area contributed by atoms with E-state index in [0.29, 0.717) is 34.0 Å². The van der Waals surface area contributed by atoms with E-state index in [2.05, 4.69) is 20.2 Å². The SMILES string of the molecule is COc1ncc(-c2cc(-n3ccc(C(=O)c4ccc(F)cc4)c3)c(C)nn2)c(OC)n1. The molecule has 0 aliphatic rings. The number of benzene rings is 1. The van der Waals surface area contributed by atoms with Gasteiger partial charge in [0.2, 0.25) is 5.88 Å². The van der Waals surface area contributed by atoms with Gasteiger partial charge < -0.3 is 14.0 Å². The molecule has 1 aromatic carbocycles. The number of halogens is 1. The van der Waals surface area contributed by atoms with Gasteiger partial charge in [0.05, 0.1) is 31.2 Å². The average molecular weight is 419 g/mol. The van der Waals surface area contributed by atoms with Crippen molar-refractivity contribution in [1.82, 2.24) is 24.7 Å². The van der Waals surface area contributed by atoms with Crippen LogP contribution in [0.25, 0.3) is 16.9 Å². The summed E-state index contributed by atoms with van der Waals surface area (Å²) in [6, 6.07) is 9.13. The fourth-order valence-corrected chi connectivity index (χ4v) is 3.07. The van der Waals surface area contributed by atoms with Gasteiger partial charge in [-0.15, -0.1) is 5.10 Å². The number of aryl methyl sites for hydroxylation is 1. The molecule has 0 N–H and O–H groups in total. The van der Waals surface area contributed by atoms with E-state index in [1.54, 1.807) is 29.2 Å². The Balaban J connectivity index is 1.70. The number of ketones is 1. The summed E-state index contributed by atoms with van der Waals surface area (Å²) < 4.78 is 25.3. The third-order valence-corrected chi connectivity index (χ3v) is 4.68. The number of carbonyl (C=O) groups is 1. The Morgan fingerprint density at radius 2 is 1.81 bits per heavy atom. The van der Waals surface area contributed by atoms with Crippen LogP contribution in [0.2, 0.25) is 0 Å². The molecule has 156 valence electrons. The minimum Gasteiger partial charge on any atom is -0.480 e. The van der Waals surface area contributed by atoms with E-state index in [1.165, 1.54) is 38.5 Å². The van der Waals surface area contributed by atoms with Crippen LogP contribution in [0.1, 0.15) is 21.6 Å². The fourth-order valence-electron chi connectivity index (χ4n) is 3.07. The van der Waals surface area contributed by atoms with Gasteiger partial charge in [-0.25, -0.2) is 9.37 Å². The summed E-state index contributed by atoms with van der Waals surface area (Å²) in [5.41, 5.74) is 3.31. The largest absolute Gasteiger partial charge is 0.480 e. The lowest BCUT2D eigenvalue weighted by atomic mass is 10.1. The zero-order valence-electron chi connectivity index (χ0n) is 17.0. The first-order valence-corrected chi connectivity index (χ1v) is 9.28. The van der Waals surface area contributed by atoms with E-state index in [0.717, 1.165) is 5.69 Å². The molecule has 0 aliphatic heterocycles. The standard InChI is InChI=1S/C22H18FN5O3/c1-13-19(10-18(27-26-13)17-11-24-22(31-3)25-21(17)30-2)28-9-8-15(12-28)20(29)14-4-6-16(23)7-5-14/h4-12H,1-3H3. The topological polar surface area (TPSA) is 92.0 Å². The van der Waals surface area contributed by atoms with E-state index in [9.17, 15) is 9.18 Å². The molecule has 8 nitrogen and oxygen atoms in total. The van der Waals surface area contributed by atoms with Crippen LogP contribution >= 0.6 is 0 Å². The van der Waals surface area contributed by atoms with E-state index >= 15 is 0 Å². The molecule has 0 fully saturated rings. The summed E-state index contributed by atoms with van der Waals surface area (Å²) in [6.07, 6.45) is 5.00. The molecule has 0 bridgehead atoms. The van der Waals surface area contributed by atoms with Crippen molar-refractivity contribution in [2.45, 2.75) is 6.92 Å². The zero-order chi connectivity index (χ0) is 22.0. The number of aromatic nitrogens is 5. The van der Waals surface area contributed by atoms with Crippen molar-refractivity contribution in [2.75, 3.05) is 14.2 Å². The van der Waals surface area contributed by atoms with Crippen molar-refractivity contribution in [3.8, 4) is 28.8 Å². The van der Waals surface area contributed by atoms with Crippen LogP contribution in [0, 0.1) is 12.7 Å². The molecular weight excluding hydrogens is 401 g/mol. The smallest absolute Gasteiger partial charge is 0.319 e. The van der Waals surface area contributed by atoms with Crippen molar-refractivity contribution < 1.29 is 18.7 Å². The maximum absolute atomic E-state index is 13.1. The Hall–Kier alpha value is -4.14. The van der Waals surface area contributed by atoms with Crippen LogP contribution in [0.3, 0.4) is 0 Å². The van der Waals surface area contributed by atoms with E-state index in [4.69, 9.17) is 9.47 Å². The molecule has 0 atom stereocenters. The van der Waals surface area contributed by atoms with Gasteiger partial charge in [-0.05, 0) is 43.3 Å². The number of rotatable bonds is 6. The third-order valence-electron chi connectivity index (χ3n) is 4.68. The predicted octanol–water partition coefficient (Wildman–Crippen LogP) is 3.42. The highest BCUT2D eigenvalue weighted by atomic mass is 19.1. The number of hydrogen-bond donors (Lipinski definition) is 0. The second kappa shape index (κ2) is 8.31. The van der Waals surface area contributed by atoms with E-state index in [-0.39, 0.29) is 11.8 Å². The minimum absolute atomic E-state index is 0.176. The molecule has 31 heavy (non-hydrogen) atoms. The Kier molecular flexibility index (Phi) is 5.40. The van der Waals surface area contributed by atoms with Crippen LogP contribution in [0.15, 0.2) is 55.0 Å². The van der Waals surface area contributed by atoms with Crippen molar-refractivity contribution in [2.24, 2.45) is 0 Å². The second-order valence-electron chi connectivity index (χ2n) is 6.62. The van der Waals surface area contributed by atoms with Gasteiger partial charge in [-0.2, -0.15) is 10.1 Å². The zero-order valence-corrected chi connectivity index (χ0v) is 17.0. The average Bonchev–Trinajstić information content (AvgIpc) is 3.29. The number of methoxy groups -OCH3 is 2. The maximum Gasteiger partial charge on any atom is 0.319 e. The summed E-state index contributed by atoms with van der Waals surface area (Å²) in [5, 5.41) is 8.46. The summed E-state index contributed by atoms with van der Waals surface area (Å²) in [7, 11) is 2.96. The molecular formula is C22H18FN5O3. The Bertz CT molecular complexity index is 1250. The first-order valence-electron chi connectivity index (χ1n) is 9.28. The molecule has 3 aromatic heterocycles. The highest BCUT2D eigenvalue weighted by Crippen LogP contribution is 2.29. The monoisotopic (exact) mass is 419 g/mol. The molecule has 0 aliphatic carbocycles. The molecule has 0 saturated carbocycles. The summed E-state index contributed by atoms with van der Waals surface area (Å²) >= 11 is 0. The fraction of sp³-hybridized carbons (Fsp3) is 0.136. The Morgan fingerprint density at radius 1 is 1.03 bits per heavy atom. The maximum atomic E-state index is 13.1. The number of carbonyl (C=O) groups excluding carboxylic acids is 1. The molecule has 4 aromatic rings. The molecule has 0 saturated heterocycles. The number of nitrogens with zero attached hydrogens (tertiary/aromatic N) is 5. The first-order chi connectivity index (χ1) is 15.0. The third kappa shape index (κ3) is 3.97. The van der Waals surface area contributed by atoms with Gasteiger partial charge in [-0.3, -0.25) is 4.79 Å². The van der Waals surface area contributed by atoms with Gasteiger partial charge >= 0.3 is 6.01 Å². The van der Waals surface area contributed by atoms with Crippen LogP contribution < -0.4 is 9.47 Å². The molecule has 3 heterocycles. The van der Waals surface area contributed by atoms with Gasteiger partial charge in [0.15, 0.2) is 5.78 Å². The molecule has 0 unspecified atom stereocenters. The van der Waals surface area contributed by atoms with E-state index in [1.807, 2.05) is 13.0 Å². The number of ether oxygens (including phenoxy) is 2. The van der Waals surface area contributed by atoms with Crippen LogP contribution in [0.4, 0.5) is 4.39 Å².